The summed E-state index contributed by atoms with van der Waals surface area (Å²) in [7, 11) is 0. The quantitative estimate of drug-likeness (QED) is 0.389. The van der Waals surface area contributed by atoms with E-state index in [1.54, 1.807) is 30.7 Å². The fourth-order valence-electron chi connectivity index (χ4n) is 4.27. The van der Waals surface area contributed by atoms with E-state index in [1.807, 2.05) is 31.2 Å². The van der Waals surface area contributed by atoms with Crippen molar-refractivity contribution in [3.63, 3.8) is 0 Å². The SMILES string of the molecule is Cc1ncsc1-c1ccc(CNC(=O)[C@@H]2C[C@@H](O)CN2C(=O)[C@H](NC(=O)C2(F)CC2)C(C)(C)S)cc1. The van der Waals surface area contributed by atoms with E-state index in [2.05, 4.69) is 28.2 Å². The Morgan fingerprint density at radius 3 is 2.53 bits per heavy atom. The van der Waals surface area contributed by atoms with Gasteiger partial charge in [-0.05, 0) is 44.7 Å². The maximum absolute atomic E-state index is 14.3. The van der Waals surface area contributed by atoms with Gasteiger partial charge in [-0.2, -0.15) is 12.6 Å². The molecule has 4 rings (SSSR count). The van der Waals surface area contributed by atoms with Crippen LogP contribution in [0.25, 0.3) is 10.4 Å². The molecule has 11 heteroatoms. The molecular formula is C25H31FN4O4S2. The van der Waals surface area contributed by atoms with E-state index in [-0.39, 0.29) is 32.4 Å². The summed E-state index contributed by atoms with van der Waals surface area (Å²) in [6, 6.07) is 5.70. The number of thiol groups is 1. The molecule has 2 aliphatic rings. The maximum atomic E-state index is 14.3. The van der Waals surface area contributed by atoms with Crippen LogP contribution in [0.3, 0.4) is 0 Å². The number of hydrogen-bond donors (Lipinski definition) is 4. The van der Waals surface area contributed by atoms with E-state index in [4.69, 9.17) is 0 Å². The van der Waals surface area contributed by atoms with Gasteiger partial charge in [0.2, 0.25) is 11.8 Å². The van der Waals surface area contributed by atoms with Gasteiger partial charge in [-0.15, -0.1) is 11.3 Å². The minimum atomic E-state index is -1.95. The topological polar surface area (TPSA) is 112 Å². The van der Waals surface area contributed by atoms with Gasteiger partial charge in [0.25, 0.3) is 5.91 Å². The molecule has 2 heterocycles. The zero-order chi connectivity index (χ0) is 26.3. The lowest BCUT2D eigenvalue weighted by Crippen LogP contribution is -2.60. The van der Waals surface area contributed by atoms with Crippen LogP contribution in [-0.2, 0) is 20.9 Å². The molecule has 0 bridgehead atoms. The molecule has 1 saturated carbocycles. The van der Waals surface area contributed by atoms with Gasteiger partial charge in [-0.3, -0.25) is 14.4 Å². The lowest BCUT2D eigenvalue weighted by atomic mass is 10.0. The van der Waals surface area contributed by atoms with Gasteiger partial charge in [-0.1, -0.05) is 24.3 Å². The minimum absolute atomic E-state index is 0.0587. The maximum Gasteiger partial charge on any atom is 0.258 e. The fourth-order valence-corrected chi connectivity index (χ4v) is 5.26. The van der Waals surface area contributed by atoms with Gasteiger partial charge in [0.15, 0.2) is 5.67 Å². The Morgan fingerprint density at radius 1 is 1.31 bits per heavy atom. The highest BCUT2D eigenvalue weighted by Gasteiger charge is 2.53. The molecule has 1 saturated heterocycles. The molecule has 1 aliphatic carbocycles. The molecule has 0 unspecified atom stereocenters. The van der Waals surface area contributed by atoms with Gasteiger partial charge >= 0.3 is 0 Å². The number of β-amino-alcohol motifs (C(OH)–C–C–N with tert-alkyl or cyclic N) is 1. The van der Waals surface area contributed by atoms with Crippen LogP contribution in [0.2, 0.25) is 0 Å². The molecule has 194 valence electrons. The second-order valence-electron chi connectivity index (χ2n) is 10.1. The zero-order valence-corrected chi connectivity index (χ0v) is 22.2. The second-order valence-corrected chi connectivity index (χ2v) is 12.1. The average Bonchev–Trinajstić information content (AvgIpc) is 3.23. The normalized spacial score (nSPS) is 21.7. The third-order valence-electron chi connectivity index (χ3n) is 6.62. The summed E-state index contributed by atoms with van der Waals surface area (Å²) in [5.41, 5.74) is 2.74. The van der Waals surface area contributed by atoms with E-state index in [0.29, 0.717) is 0 Å². The van der Waals surface area contributed by atoms with Gasteiger partial charge < -0.3 is 20.6 Å². The van der Waals surface area contributed by atoms with Crippen molar-refractivity contribution in [1.29, 1.82) is 0 Å². The van der Waals surface area contributed by atoms with Crippen molar-refractivity contribution in [3.05, 3.63) is 41.0 Å². The molecular weight excluding hydrogens is 503 g/mol. The molecule has 3 atom stereocenters. The number of carbonyl (C=O) groups is 3. The molecule has 1 aromatic heterocycles. The molecule has 2 fully saturated rings. The summed E-state index contributed by atoms with van der Waals surface area (Å²) < 4.78 is 13.2. The monoisotopic (exact) mass is 534 g/mol. The van der Waals surface area contributed by atoms with Crippen molar-refractivity contribution in [1.82, 2.24) is 20.5 Å². The number of aliphatic hydroxyl groups excluding tert-OH is 1. The highest BCUT2D eigenvalue weighted by atomic mass is 32.1. The summed E-state index contributed by atoms with van der Waals surface area (Å²) in [5.74, 6) is -1.83. The van der Waals surface area contributed by atoms with Crippen molar-refractivity contribution in [2.45, 2.75) is 75.2 Å². The van der Waals surface area contributed by atoms with Crippen molar-refractivity contribution >= 4 is 41.7 Å². The Hall–Kier alpha value is -2.50. The van der Waals surface area contributed by atoms with E-state index in [0.717, 1.165) is 21.7 Å². The number of aromatic nitrogens is 1. The van der Waals surface area contributed by atoms with Crippen molar-refractivity contribution in [2.24, 2.45) is 0 Å². The van der Waals surface area contributed by atoms with E-state index < -0.39 is 46.3 Å². The number of likely N-dealkylation sites (tertiary alicyclic amines) is 1. The largest absolute Gasteiger partial charge is 0.391 e. The first kappa shape index (κ1) is 26.6. The molecule has 2 aromatic rings. The molecule has 1 aliphatic heterocycles. The lowest BCUT2D eigenvalue weighted by Gasteiger charge is -2.35. The molecule has 36 heavy (non-hydrogen) atoms. The van der Waals surface area contributed by atoms with Crippen molar-refractivity contribution in [3.8, 4) is 10.4 Å². The lowest BCUT2D eigenvalue weighted by molar-refractivity contribution is -0.143. The zero-order valence-electron chi connectivity index (χ0n) is 20.5. The van der Waals surface area contributed by atoms with Crippen molar-refractivity contribution in [2.75, 3.05) is 6.54 Å². The molecule has 8 nitrogen and oxygen atoms in total. The first-order valence-corrected chi connectivity index (χ1v) is 13.2. The van der Waals surface area contributed by atoms with Crippen LogP contribution >= 0.6 is 24.0 Å². The average molecular weight is 535 g/mol. The fraction of sp³-hybridized carbons (Fsp3) is 0.520. The highest BCUT2D eigenvalue weighted by molar-refractivity contribution is 7.81. The number of benzene rings is 1. The van der Waals surface area contributed by atoms with E-state index in [1.165, 1.54) is 4.90 Å². The summed E-state index contributed by atoms with van der Waals surface area (Å²) in [4.78, 5) is 45.4. The van der Waals surface area contributed by atoms with Crippen molar-refractivity contribution < 1.29 is 23.9 Å². The first-order chi connectivity index (χ1) is 16.9. The number of aryl methyl sites for hydroxylation is 1. The van der Waals surface area contributed by atoms with Crippen LogP contribution in [0.1, 0.15) is 44.4 Å². The van der Waals surface area contributed by atoms with E-state index >= 15 is 0 Å². The summed E-state index contributed by atoms with van der Waals surface area (Å²) in [6.45, 7) is 5.41. The van der Waals surface area contributed by atoms with Crippen LogP contribution in [-0.4, -0.2) is 67.9 Å². The summed E-state index contributed by atoms with van der Waals surface area (Å²) in [6.07, 6.45) is -0.584. The molecule has 3 amide bonds. The number of halogens is 1. The van der Waals surface area contributed by atoms with Gasteiger partial charge in [0.1, 0.15) is 12.1 Å². The molecule has 0 radical (unpaired) electrons. The van der Waals surface area contributed by atoms with E-state index in [9.17, 15) is 23.9 Å². The number of thiazole rings is 1. The second kappa shape index (κ2) is 10.1. The van der Waals surface area contributed by atoms with Crippen LogP contribution in [0, 0.1) is 6.92 Å². The number of nitrogens with one attached hydrogen (secondary N) is 2. The summed E-state index contributed by atoms with van der Waals surface area (Å²) in [5, 5.41) is 15.6. The molecule has 0 spiro atoms. The van der Waals surface area contributed by atoms with Crippen LogP contribution in [0.4, 0.5) is 4.39 Å². The Bertz CT molecular complexity index is 1140. The Kier molecular flexibility index (Phi) is 7.45. The smallest absolute Gasteiger partial charge is 0.258 e. The third kappa shape index (κ3) is 5.73. The molecule has 3 N–H and O–H groups in total. The number of alkyl halides is 1. The standard InChI is InChI=1S/C25H31FN4O4S2/c1-14-19(36-13-28-14)16-6-4-15(5-7-16)11-27-21(32)18-10-17(31)12-30(18)22(33)20(24(2,3)35)29-23(34)25(26)8-9-25/h4-7,13,17-18,20,31,35H,8-12H2,1-3H3,(H,27,32)(H,29,34)/t17-,18+,20+/m1/s1. The summed E-state index contributed by atoms with van der Waals surface area (Å²) >= 11 is 6.02. The highest BCUT2D eigenvalue weighted by Crippen LogP contribution is 2.40. The molecule has 1 aromatic carbocycles. The number of aliphatic hydroxyl groups is 1. The minimum Gasteiger partial charge on any atom is -0.391 e. The van der Waals surface area contributed by atoms with Crippen LogP contribution in [0.15, 0.2) is 29.8 Å². The number of nitrogens with zero attached hydrogens (tertiary/aromatic N) is 2. The van der Waals surface area contributed by atoms with Gasteiger partial charge in [0.05, 0.1) is 22.2 Å². The van der Waals surface area contributed by atoms with Crippen LogP contribution in [0.5, 0.6) is 0 Å². The predicted octanol–water partition coefficient (Wildman–Crippen LogP) is 2.39. The van der Waals surface area contributed by atoms with Gasteiger partial charge in [-0.25, -0.2) is 9.37 Å². The first-order valence-electron chi connectivity index (χ1n) is 11.9. The third-order valence-corrected chi connectivity index (χ3v) is 7.85. The Balaban J connectivity index is 1.42. The van der Waals surface area contributed by atoms with Crippen LogP contribution < -0.4 is 10.6 Å². The number of amides is 3. The van der Waals surface area contributed by atoms with Gasteiger partial charge in [0, 0.05) is 24.3 Å². The predicted molar refractivity (Wildman–Crippen MR) is 138 cm³/mol. The number of rotatable bonds is 8. The Morgan fingerprint density at radius 2 is 1.97 bits per heavy atom. The number of hydrogen-bond acceptors (Lipinski definition) is 7. The Labute approximate surface area is 219 Å². The number of carbonyl (C=O) groups excluding carboxylic acids is 3.